The number of carbonyl (C=O) groups is 2. The van der Waals surface area contributed by atoms with E-state index in [-0.39, 0.29) is 22.9 Å². The van der Waals surface area contributed by atoms with E-state index in [1.54, 1.807) is 13.2 Å². The molecule has 0 unspecified atom stereocenters. The van der Waals surface area contributed by atoms with E-state index in [2.05, 4.69) is 36.4 Å². The zero-order valence-electron chi connectivity index (χ0n) is 15.6. The van der Waals surface area contributed by atoms with Crippen LogP contribution in [0, 0.1) is 0 Å². The molecular formula is C20H25N3O3. The third-order valence-electron chi connectivity index (χ3n) is 3.86. The smallest absolute Gasteiger partial charge is 0.274 e. The number of nitrogens with zero attached hydrogens (tertiary/aromatic N) is 1. The Morgan fingerprint density at radius 3 is 2.38 bits per heavy atom. The summed E-state index contributed by atoms with van der Waals surface area (Å²) in [5.41, 5.74) is 2.48. The van der Waals surface area contributed by atoms with Crippen molar-refractivity contribution in [2.75, 3.05) is 25.6 Å². The second-order valence-corrected chi connectivity index (χ2v) is 6.96. The summed E-state index contributed by atoms with van der Waals surface area (Å²) in [4.78, 5) is 28.5. The molecule has 138 valence electrons. The largest absolute Gasteiger partial charge is 0.383 e. The second-order valence-electron chi connectivity index (χ2n) is 6.96. The molecule has 2 aromatic rings. The Morgan fingerprint density at radius 2 is 1.77 bits per heavy atom. The van der Waals surface area contributed by atoms with Crippen LogP contribution in [0.4, 0.5) is 5.69 Å². The SMILES string of the molecule is COCCNC(=O)c1ccnc(C(=O)Nc2ccc(C(C)(C)C)cc2)c1. The minimum Gasteiger partial charge on any atom is -0.383 e. The number of methoxy groups -OCH3 is 1. The number of aromatic nitrogens is 1. The Labute approximate surface area is 154 Å². The highest BCUT2D eigenvalue weighted by Gasteiger charge is 2.15. The average molecular weight is 355 g/mol. The van der Waals surface area contributed by atoms with E-state index in [0.29, 0.717) is 24.4 Å². The summed E-state index contributed by atoms with van der Waals surface area (Å²) in [6.07, 6.45) is 1.45. The number of nitrogens with one attached hydrogen (secondary N) is 2. The van der Waals surface area contributed by atoms with Crippen LogP contribution in [-0.2, 0) is 10.2 Å². The van der Waals surface area contributed by atoms with Crippen molar-refractivity contribution in [3.05, 3.63) is 59.4 Å². The third kappa shape index (κ3) is 5.39. The van der Waals surface area contributed by atoms with Gasteiger partial charge >= 0.3 is 0 Å². The zero-order valence-corrected chi connectivity index (χ0v) is 15.6. The molecule has 0 aliphatic carbocycles. The lowest BCUT2D eigenvalue weighted by molar-refractivity contribution is 0.0937. The number of pyridine rings is 1. The van der Waals surface area contributed by atoms with Gasteiger partial charge < -0.3 is 15.4 Å². The van der Waals surface area contributed by atoms with Crippen LogP contribution in [0.1, 0.15) is 47.2 Å². The number of carbonyl (C=O) groups excluding carboxylic acids is 2. The predicted octanol–water partition coefficient (Wildman–Crippen LogP) is 3.01. The highest BCUT2D eigenvalue weighted by Crippen LogP contribution is 2.23. The minimum absolute atomic E-state index is 0.0502. The van der Waals surface area contributed by atoms with Gasteiger partial charge in [-0.05, 0) is 35.2 Å². The molecule has 2 N–H and O–H groups in total. The molecule has 0 fully saturated rings. The van der Waals surface area contributed by atoms with Crippen molar-refractivity contribution in [1.82, 2.24) is 10.3 Å². The molecule has 2 rings (SSSR count). The molecular weight excluding hydrogens is 330 g/mol. The fourth-order valence-corrected chi connectivity index (χ4v) is 2.31. The summed E-state index contributed by atoms with van der Waals surface area (Å²) in [6, 6.07) is 10.7. The maximum absolute atomic E-state index is 12.4. The van der Waals surface area contributed by atoms with Crippen LogP contribution >= 0.6 is 0 Å². The Morgan fingerprint density at radius 1 is 1.08 bits per heavy atom. The molecule has 1 heterocycles. The van der Waals surface area contributed by atoms with Gasteiger partial charge in [0.05, 0.1) is 6.61 Å². The quantitative estimate of drug-likeness (QED) is 0.781. The molecule has 26 heavy (non-hydrogen) atoms. The first-order valence-electron chi connectivity index (χ1n) is 8.46. The van der Waals surface area contributed by atoms with Gasteiger partial charge in [0.25, 0.3) is 11.8 Å². The average Bonchev–Trinajstić information content (AvgIpc) is 2.61. The fourth-order valence-electron chi connectivity index (χ4n) is 2.31. The lowest BCUT2D eigenvalue weighted by Gasteiger charge is -2.19. The van der Waals surface area contributed by atoms with Crippen molar-refractivity contribution in [2.24, 2.45) is 0 Å². The van der Waals surface area contributed by atoms with Crippen molar-refractivity contribution in [3.63, 3.8) is 0 Å². The molecule has 0 saturated heterocycles. The van der Waals surface area contributed by atoms with Gasteiger partial charge in [0, 0.05) is 31.1 Å². The molecule has 1 aromatic heterocycles. The van der Waals surface area contributed by atoms with Gasteiger partial charge in [-0.15, -0.1) is 0 Å². The third-order valence-corrected chi connectivity index (χ3v) is 3.86. The summed E-state index contributed by atoms with van der Waals surface area (Å²) in [5.74, 6) is -0.631. The van der Waals surface area contributed by atoms with E-state index < -0.39 is 0 Å². The van der Waals surface area contributed by atoms with Gasteiger partial charge in [-0.2, -0.15) is 0 Å². The van der Waals surface area contributed by atoms with Gasteiger partial charge in [0.2, 0.25) is 0 Å². The van der Waals surface area contributed by atoms with Crippen LogP contribution in [0.25, 0.3) is 0 Å². The van der Waals surface area contributed by atoms with Gasteiger partial charge in [-0.1, -0.05) is 32.9 Å². The fraction of sp³-hybridized carbons (Fsp3) is 0.350. The monoisotopic (exact) mass is 355 g/mol. The normalized spacial score (nSPS) is 11.1. The summed E-state index contributed by atoms with van der Waals surface area (Å²) >= 11 is 0. The molecule has 1 aromatic carbocycles. The van der Waals surface area contributed by atoms with E-state index in [0.717, 1.165) is 0 Å². The van der Waals surface area contributed by atoms with Gasteiger partial charge in [-0.3, -0.25) is 14.6 Å². The number of hydrogen-bond donors (Lipinski definition) is 2. The number of amides is 2. The van der Waals surface area contributed by atoms with Crippen molar-refractivity contribution >= 4 is 17.5 Å². The number of rotatable bonds is 6. The van der Waals surface area contributed by atoms with Gasteiger partial charge in [0.15, 0.2) is 0 Å². The topological polar surface area (TPSA) is 80.3 Å². The summed E-state index contributed by atoms with van der Waals surface area (Å²) in [5, 5.41) is 5.51. The van der Waals surface area contributed by atoms with Crippen LogP contribution in [0.15, 0.2) is 42.6 Å². The first-order chi connectivity index (χ1) is 12.3. The first-order valence-corrected chi connectivity index (χ1v) is 8.46. The molecule has 2 amide bonds. The summed E-state index contributed by atoms with van der Waals surface area (Å²) in [6.45, 7) is 7.23. The first kappa shape index (κ1) is 19.6. The van der Waals surface area contributed by atoms with Crippen molar-refractivity contribution in [2.45, 2.75) is 26.2 Å². The van der Waals surface area contributed by atoms with E-state index in [9.17, 15) is 9.59 Å². The molecule has 0 radical (unpaired) electrons. The predicted molar refractivity (Wildman–Crippen MR) is 102 cm³/mol. The number of benzene rings is 1. The van der Waals surface area contributed by atoms with E-state index in [4.69, 9.17) is 4.74 Å². The lowest BCUT2D eigenvalue weighted by atomic mass is 9.87. The molecule has 0 bridgehead atoms. The van der Waals surface area contributed by atoms with Crippen molar-refractivity contribution in [1.29, 1.82) is 0 Å². The van der Waals surface area contributed by atoms with E-state index >= 15 is 0 Å². The van der Waals surface area contributed by atoms with Crippen LogP contribution in [0.5, 0.6) is 0 Å². The molecule has 0 aliphatic heterocycles. The Hall–Kier alpha value is -2.73. The van der Waals surface area contributed by atoms with Crippen LogP contribution in [0.2, 0.25) is 0 Å². The molecule has 0 saturated carbocycles. The van der Waals surface area contributed by atoms with Gasteiger partial charge in [0.1, 0.15) is 5.69 Å². The van der Waals surface area contributed by atoms with Crippen LogP contribution in [-0.4, -0.2) is 37.1 Å². The lowest BCUT2D eigenvalue weighted by Crippen LogP contribution is -2.27. The Bertz CT molecular complexity index is 765. The molecule has 6 heteroatoms. The highest BCUT2D eigenvalue weighted by molar-refractivity contribution is 6.04. The second kappa shape index (κ2) is 8.58. The van der Waals surface area contributed by atoms with Crippen molar-refractivity contribution in [3.8, 4) is 0 Å². The van der Waals surface area contributed by atoms with Crippen molar-refractivity contribution < 1.29 is 14.3 Å². The molecule has 6 nitrogen and oxygen atoms in total. The maximum Gasteiger partial charge on any atom is 0.274 e. The number of anilines is 1. The molecule has 0 atom stereocenters. The Kier molecular flexibility index (Phi) is 6.46. The highest BCUT2D eigenvalue weighted by atomic mass is 16.5. The summed E-state index contributed by atoms with van der Waals surface area (Å²) < 4.78 is 4.89. The minimum atomic E-state index is -0.361. The summed E-state index contributed by atoms with van der Waals surface area (Å²) in [7, 11) is 1.56. The zero-order chi connectivity index (χ0) is 19.2. The van der Waals surface area contributed by atoms with Crippen LogP contribution < -0.4 is 10.6 Å². The van der Waals surface area contributed by atoms with E-state index in [1.165, 1.54) is 17.8 Å². The maximum atomic E-state index is 12.4. The van der Waals surface area contributed by atoms with Gasteiger partial charge in [-0.25, -0.2) is 0 Å². The molecule has 0 aliphatic rings. The van der Waals surface area contributed by atoms with E-state index in [1.807, 2.05) is 24.3 Å². The van der Waals surface area contributed by atoms with Crippen LogP contribution in [0.3, 0.4) is 0 Å². The molecule has 0 spiro atoms. The Balaban J connectivity index is 2.05. The number of ether oxygens (including phenoxy) is 1. The standard InChI is InChI=1S/C20H25N3O3/c1-20(2,3)15-5-7-16(8-6-15)23-19(25)17-13-14(9-10-21-17)18(24)22-11-12-26-4/h5-10,13H,11-12H2,1-4H3,(H,22,24)(H,23,25). The number of hydrogen-bond acceptors (Lipinski definition) is 4.